The number of anilines is 2. The predicted molar refractivity (Wildman–Crippen MR) is 142 cm³/mol. The van der Waals surface area contributed by atoms with Gasteiger partial charge in [-0.3, -0.25) is 4.79 Å². The molecule has 1 aromatic carbocycles. The van der Waals surface area contributed by atoms with Gasteiger partial charge in [0.25, 0.3) is 0 Å². The predicted octanol–water partition coefficient (Wildman–Crippen LogP) is 5.61. The summed E-state index contributed by atoms with van der Waals surface area (Å²) >= 11 is 9.77. The molecule has 10 heteroatoms. The van der Waals surface area contributed by atoms with Crippen LogP contribution in [0.15, 0.2) is 28.9 Å². The van der Waals surface area contributed by atoms with E-state index in [2.05, 4.69) is 36.0 Å². The first kappa shape index (κ1) is 25.7. The summed E-state index contributed by atoms with van der Waals surface area (Å²) in [4.78, 5) is 25.5. The lowest BCUT2D eigenvalue weighted by Gasteiger charge is -2.52. The number of aromatic nitrogens is 2. The Morgan fingerprint density at radius 2 is 2.06 bits per heavy atom. The molecule has 2 aliphatic heterocycles. The van der Waals surface area contributed by atoms with Crippen molar-refractivity contribution < 1.29 is 14.3 Å². The van der Waals surface area contributed by atoms with Gasteiger partial charge in [-0.05, 0) is 91.5 Å². The molecule has 2 saturated heterocycles. The van der Waals surface area contributed by atoms with Crippen LogP contribution < -0.4 is 10.2 Å². The number of benzene rings is 1. The number of halogens is 3. The molecule has 0 spiro atoms. The van der Waals surface area contributed by atoms with Crippen LogP contribution in [0.4, 0.5) is 16.2 Å². The Labute approximate surface area is 224 Å². The fraction of sp³-hybridized carbons (Fsp3) is 0.577. The molecule has 2 N–H and O–H groups in total. The highest BCUT2D eigenvalue weighted by Gasteiger charge is 2.49. The monoisotopic (exact) mass is 579 g/mol. The van der Waals surface area contributed by atoms with E-state index < -0.39 is 11.4 Å². The first-order valence-corrected chi connectivity index (χ1v) is 13.8. The van der Waals surface area contributed by atoms with E-state index in [1.165, 1.54) is 25.0 Å². The highest BCUT2D eigenvalue weighted by Crippen LogP contribution is 2.45. The Morgan fingerprint density at radius 3 is 2.75 bits per heavy atom. The van der Waals surface area contributed by atoms with Crippen LogP contribution in [0, 0.1) is 23.1 Å². The number of rotatable bonds is 7. The zero-order valence-corrected chi connectivity index (χ0v) is 22.9. The van der Waals surface area contributed by atoms with E-state index in [9.17, 15) is 14.3 Å². The summed E-state index contributed by atoms with van der Waals surface area (Å²) in [7, 11) is 0. The highest BCUT2D eigenvalue weighted by atomic mass is 79.9. The molecule has 0 radical (unpaired) electrons. The summed E-state index contributed by atoms with van der Waals surface area (Å²) in [5, 5.41) is 13.2. The third-order valence-electron chi connectivity index (χ3n) is 8.27. The van der Waals surface area contributed by atoms with Gasteiger partial charge in [0.1, 0.15) is 11.6 Å². The van der Waals surface area contributed by atoms with Gasteiger partial charge in [-0.1, -0.05) is 17.7 Å². The minimum atomic E-state index is -0.666. The van der Waals surface area contributed by atoms with Crippen LogP contribution in [0.2, 0.25) is 5.02 Å². The Balaban J connectivity index is 1.17. The second-order valence-corrected chi connectivity index (χ2v) is 12.2. The molecule has 194 valence electrons. The van der Waals surface area contributed by atoms with Crippen LogP contribution in [0.1, 0.15) is 51.1 Å². The maximum atomic E-state index is 13.4. The minimum absolute atomic E-state index is 0.163. The maximum absolute atomic E-state index is 13.4. The van der Waals surface area contributed by atoms with E-state index >= 15 is 0 Å². The topological polar surface area (TPSA) is 81.6 Å². The molecule has 3 heterocycles. The van der Waals surface area contributed by atoms with Gasteiger partial charge in [0.05, 0.1) is 15.9 Å². The van der Waals surface area contributed by atoms with Crippen LogP contribution in [-0.4, -0.2) is 58.2 Å². The Hall–Kier alpha value is -1.97. The highest BCUT2D eigenvalue weighted by molar-refractivity contribution is 9.10. The molecule has 1 aliphatic carbocycles. The summed E-state index contributed by atoms with van der Waals surface area (Å²) in [5.74, 6) is 1.56. The molecule has 1 aromatic heterocycles. The summed E-state index contributed by atoms with van der Waals surface area (Å²) in [6.45, 7) is 7.82. The lowest BCUT2D eigenvalue weighted by Crippen LogP contribution is -2.58. The first-order chi connectivity index (χ1) is 17.1. The number of piperidine rings is 1. The second kappa shape index (κ2) is 10.1. The Morgan fingerprint density at radius 1 is 1.31 bits per heavy atom. The molecule has 7 nitrogen and oxygen atoms in total. The number of aliphatic carboxylic acids is 1. The summed E-state index contributed by atoms with van der Waals surface area (Å²) in [5.41, 5.74) is 0.251. The summed E-state index contributed by atoms with van der Waals surface area (Å²) in [6.07, 6.45) is 5.68. The average molecular weight is 581 g/mol. The van der Waals surface area contributed by atoms with Crippen LogP contribution in [0.5, 0.6) is 0 Å². The molecule has 0 amide bonds. The van der Waals surface area contributed by atoms with Gasteiger partial charge >= 0.3 is 5.97 Å². The lowest BCUT2D eigenvalue weighted by atomic mass is 9.65. The number of likely N-dealkylation sites (tertiary alicyclic amines) is 1. The maximum Gasteiger partial charge on any atom is 0.309 e. The van der Waals surface area contributed by atoms with Gasteiger partial charge in [-0.15, -0.1) is 0 Å². The Kier molecular flexibility index (Phi) is 7.18. The van der Waals surface area contributed by atoms with E-state index in [-0.39, 0.29) is 11.9 Å². The van der Waals surface area contributed by atoms with Crippen molar-refractivity contribution in [1.82, 2.24) is 14.9 Å². The van der Waals surface area contributed by atoms with Crippen LogP contribution >= 0.6 is 27.5 Å². The number of carboxylic acid groups (broad SMARTS) is 1. The van der Waals surface area contributed by atoms with Crippen molar-refractivity contribution in [3.8, 4) is 0 Å². The van der Waals surface area contributed by atoms with Gasteiger partial charge in [0, 0.05) is 36.9 Å². The lowest BCUT2D eigenvalue weighted by molar-refractivity contribution is -0.158. The van der Waals surface area contributed by atoms with Gasteiger partial charge in [-0.25, -0.2) is 9.37 Å². The molecular weight excluding hydrogens is 549 g/mol. The fourth-order valence-corrected chi connectivity index (χ4v) is 6.53. The molecular formula is C26H32BrClFN5O2. The minimum Gasteiger partial charge on any atom is -0.481 e. The van der Waals surface area contributed by atoms with Crippen molar-refractivity contribution >= 4 is 45.3 Å². The van der Waals surface area contributed by atoms with E-state index in [1.54, 1.807) is 12.3 Å². The van der Waals surface area contributed by atoms with E-state index in [1.807, 2.05) is 13.8 Å². The molecule has 2 aromatic rings. The first-order valence-electron chi connectivity index (χ1n) is 12.6. The van der Waals surface area contributed by atoms with E-state index in [0.717, 1.165) is 49.1 Å². The molecule has 1 unspecified atom stereocenters. The standard InChI is InChI=1S/C26H32BrClFN5O2/c1-15(20-6-5-18(29)8-22(20)28)31-23-21(27)11-30-25(32-23)34-13-17(14-34)16-4-3-7-33(12-16)19-9-26(2,10-19)24(35)36/h5-6,8,11,15-17,19H,3-4,7,9-10,12-14H2,1-2H3,(H,35,36)(H,30,31,32)/t15-,16?,19?,26?/m1/s1. The molecule has 3 fully saturated rings. The van der Waals surface area contributed by atoms with Crippen molar-refractivity contribution in [2.45, 2.75) is 51.6 Å². The number of carbonyl (C=O) groups is 1. The summed E-state index contributed by atoms with van der Waals surface area (Å²) in [6, 6.07) is 4.65. The fourth-order valence-electron chi connectivity index (χ4n) is 5.89. The molecule has 3 aliphatic rings. The number of hydrogen-bond acceptors (Lipinski definition) is 6. The van der Waals surface area contributed by atoms with Crippen molar-refractivity contribution in [1.29, 1.82) is 0 Å². The molecule has 5 rings (SSSR count). The molecule has 1 saturated carbocycles. The van der Waals surface area contributed by atoms with Crippen molar-refractivity contribution in [2.75, 3.05) is 36.4 Å². The van der Waals surface area contributed by atoms with Crippen molar-refractivity contribution in [3.05, 3.63) is 45.3 Å². The quantitative estimate of drug-likeness (QED) is 0.441. The van der Waals surface area contributed by atoms with Crippen LogP contribution in [0.25, 0.3) is 0 Å². The largest absolute Gasteiger partial charge is 0.481 e. The molecule has 36 heavy (non-hydrogen) atoms. The molecule has 0 bridgehead atoms. The van der Waals surface area contributed by atoms with Gasteiger partial charge in [0.15, 0.2) is 0 Å². The second-order valence-electron chi connectivity index (χ2n) is 10.9. The smallest absolute Gasteiger partial charge is 0.309 e. The van der Waals surface area contributed by atoms with Crippen LogP contribution in [0.3, 0.4) is 0 Å². The van der Waals surface area contributed by atoms with Gasteiger partial charge < -0.3 is 20.2 Å². The number of carboxylic acids is 1. The SMILES string of the molecule is C[C@@H](Nc1nc(N2CC(C3CCCN(C4CC(C)(C(=O)O)C4)C3)C2)ncc1Br)c1ccc(F)cc1Cl. The van der Waals surface area contributed by atoms with Gasteiger partial charge in [0.2, 0.25) is 5.95 Å². The molecule has 2 atom stereocenters. The Bertz CT molecular complexity index is 1140. The van der Waals surface area contributed by atoms with E-state index in [4.69, 9.17) is 16.6 Å². The number of hydrogen-bond donors (Lipinski definition) is 2. The third-order valence-corrected chi connectivity index (χ3v) is 9.17. The van der Waals surface area contributed by atoms with Gasteiger partial charge in [-0.2, -0.15) is 4.98 Å². The van der Waals surface area contributed by atoms with E-state index in [0.29, 0.717) is 34.7 Å². The van der Waals surface area contributed by atoms with Crippen LogP contribution in [-0.2, 0) is 4.79 Å². The zero-order valence-electron chi connectivity index (χ0n) is 20.6. The zero-order chi connectivity index (χ0) is 25.6. The van der Waals surface area contributed by atoms with Crippen molar-refractivity contribution in [3.63, 3.8) is 0 Å². The average Bonchev–Trinajstić information content (AvgIpc) is 2.78. The third kappa shape index (κ3) is 5.07. The van der Waals surface area contributed by atoms with Crippen molar-refractivity contribution in [2.24, 2.45) is 17.3 Å². The summed E-state index contributed by atoms with van der Waals surface area (Å²) < 4.78 is 14.2. The number of nitrogens with zero attached hydrogens (tertiary/aromatic N) is 4. The normalized spacial score (nSPS) is 27.8. The number of nitrogens with one attached hydrogen (secondary N) is 1.